The molecule has 158 valence electrons. The standard InChI is InChI=1S/C22H31N3O4/c1-15(26)24-11-8-19(9-12-24)29-20-6-3-16(13-21(20)28-2)22(27)25-17-4-5-18(25)14-23-10-7-17/h3,6,13,17-19,23H,4-5,7-12,14H2,1-2H3/t17-,18+/m0/s1. The molecule has 7 nitrogen and oxygen atoms in total. The molecule has 29 heavy (non-hydrogen) atoms. The van der Waals surface area contributed by atoms with Crippen molar-refractivity contribution in [2.45, 2.75) is 57.2 Å². The number of methoxy groups -OCH3 is 1. The first-order valence-corrected chi connectivity index (χ1v) is 10.7. The Hall–Kier alpha value is -2.28. The SMILES string of the molecule is COc1cc(C(=O)N2[C@@H]3CCNC[C@H]2CC3)ccc1OC1CCN(C(C)=O)CC1. The summed E-state index contributed by atoms with van der Waals surface area (Å²) in [5.74, 6) is 1.44. The van der Waals surface area contributed by atoms with Crippen molar-refractivity contribution in [3.8, 4) is 11.5 Å². The topological polar surface area (TPSA) is 71.1 Å². The highest BCUT2D eigenvalue weighted by Crippen LogP contribution is 2.34. The van der Waals surface area contributed by atoms with Crippen molar-refractivity contribution in [3.63, 3.8) is 0 Å². The van der Waals surface area contributed by atoms with Gasteiger partial charge in [0.1, 0.15) is 6.10 Å². The van der Waals surface area contributed by atoms with Crippen molar-refractivity contribution in [2.24, 2.45) is 0 Å². The molecule has 1 N–H and O–H groups in total. The molecule has 0 spiro atoms. The van der Waals surface area contributed by atoms with Crippen LogP contribution in [0.2, 0.25) is 0 Å². The van der Waals surface area contributed by atoms with Crippen LogP contribution in [0.1, 0.15) is 49.4 Å². The highest BCUT2D eigenvalue weighted by molar-refractivity contribution is 5.95. The molecular weight excluding hydrogens is 370 g/mol. The molecule has 3 heterocycles. The zero-order valence-corrected chi connectivity index (χ0v) is 17.4. The van der Waals surface area contributed by atoms with E-state index in [1.807, 2.05) is 17.0 Å². The highest BCUT2D eigenvalue weighted by atomic mass is 16.5. The molecule has 0 aromatic heterocycles. The number of ether oxygens (including phenoxy) is 2. The van der Waals surface area contributed by atoms with Gasteiger partial charge < -0.3 is 24.6 Å². The maximum Gasteiger partial charge on any atom is 0.254 e. The molecule has 3 fully saturated rings. The van der Waals surface area contributed by atoms with Gasteiger partial charge in [-0.3, -0.25) is 9.59 Å². The average Bonchev–Trinajstić information content (AvgIpc) is 3.00. The molecule has 1 aromatic rings. The molecule has 0 saturated carbocycles. The minimum atomic E-state index is 0.0496. The molecule has 0 radical (unpaired) electrons. The maximum atomic E-state index is 13.2. The maximum absolute atomic E-state index is 13.2. The molecule has 7 heteroatoms. The molecule has 4 rings (SSSR count). The van der Waals surface area contributed by atoms with Crippen LogP contribution < -0.4 is 14.8 Å². The van der Waals surface area contributed by atoms with Gasteiger partial charge in [0.05, 0.1) is 7.11 Å². The van der Waals surface area contributed by atoms with Crippen molar-refractivity contribution in [3.05, 3.63) is 23.8 Å². The zero-order valence-electron chi connectivity index (χ0n) is 17.4. The van der Waals surface area contributed by atoms with E-state index in [2.05, 4.69) is 10.2 Å². The Kier molecular flexibility index (Phi) is 5.94. The lowest BCUT2D eigenvalue weighted by Gasteiger charge is -2.32. The van der Waals surface area contributed by atoms with E-state index < -0.39 is 0 Å². The fourth-order valence-corrected chi connectivity index (χ4v) is 4.83. The second kappa shape index (κ2) is 8.61. The summed E-state index contributed by atoms with van der Waals surface area (Å²) in [6, 6.07) is 6.11. The van der Waals surface area contributed by atoms with Gasteiger partial charge in [-0.25, -0.2) is 0 Å². The number of rotatable bonds is 4. The Labute approximate surface area is 172 Å². The van der Waals surface area contributed by atoms with E-state index in [4.69, 9.17) is 9.47 Å². The van der Waals surface area contributed by atoms with Crippen LogP contribution in [0.15, 0.2) is 18.2 Å². The predicted molar refractivity (Wildman–Crippen MR) is 109 cm³/mol. The first kappa shape index (κ1) is 20.0. The summed E-state index contributed by atoms with van der Waals surface area (Å²) in [4.78, 5) is 28.7. The van der Waals surface area contributed by atoms with Gasteiger partial charge in [0.15, 0.2) is 11.5 Å². The Morgan fingerprint density at radius 2 is 1.79 bits per heavy atom. The number of nitrogens with zero attached hydrogens (tertiary/aromatic N) is 2. The Bertz CT molecular complexity index is 746. The number of hydrogen-bond donors (Lipinski definition) is 1. The number of carbonyl (C=O) groups excluding carboxylic acids is 2. The van der Waals surface area contributed by atoms with Crippen molar-refractivity contribution in [1.29, 1.82) is 0 Å². The largest absolute Gasteiger partial charge is 0.493 e. The van der Waals surface area contributed by atoms with Crippen LogP contribution in [-0.2, 0) is 4.79 Å². The monoisotopic (exact) mass is 401 g/mol. The van der Waals surface area contributed by atoms with Crippen LogP contribution in [0.3, 0.4) is 0 Å². The van der Waals surface area contributed by atoms with Crippen LogP contribution in [0.25, 0.3) is 0 Å². The lowest BCUT2D eigenvalue weighted by atomic mass is 10.1. The van der Waals surface area contributed by atoms with Gasteiger partial charge >= 0.3 is 0 Å². The summed E-state index contributed by atoms with van der Waals surface area (Å²) in [5, 5.41) is 3.44. The lowest BCUT2D eigenvalue weighted by molar-refractivity contribution is -0.130. The van der Waals surface area contributed by atoms with Crippen molar-refractivity contribution < 1.29 is 19.1 Å². The third-order valence-corrected chi connectivity index (χ3v) is 6.48. The number of likely N-dealkylation sites (tertiary alicyclic amines) is 1. The number of carbonyl (C=O) groups is 2. The predicted octanol–water partition coefficient (Wildman–Crippen LogP) is 2.05. The quantitative estimate of drug-likeness (QED) is 0.836. The third kappa shape index (κ3) is 4.20. The van der Waals surface area contributed by atoms with Crippen LogP contribution >= 0.6 is 0 Å². The summed E-state index contributed by atoms with van der Waals surface area (Å²) < 4.78 is 11.7. The minimum Gasteiger partial charge on any atom is -0.493 e. The van der Waals surface area contributed by atoms with E-state index in [9.17, 15) is 9.59 Å². The summed E-state index contributed by atoms with van der Waals surface area (Å²) in [5.41, 5.74) is 0.652. The number of hydrogen-bond acceptors (Lipinski definition) is 5. The van der Waals surface area contributed by atoms with Crippen LogP contribution in [-0.4, -0.2) is 73.1 Å². The van der Waals surface area contributed by atoms with Crippen LogP contribution in [0.5, 0.6) is 11.5 Å². The van der Waals surface area contributed by atoms with Gasteiger partial charge in [-0.05, 0) is 44.0 Å². The molecule has 0 aliphatic carbocycles. The second-order valence-electron chi connectivity index (χ2n) is 8.28. The van der Waals surface area contributed by atoms with E-state index in [1.54, 1.807) is 20.1 Å². The molecule has 0 unspecified atom stereocenters. The molecule has 2 atom stereocenters. The van der Waals surface area contributed by atoms with E-state index in [0.29, 0.717) is 36.2 Å². The van der Waals surface area contributed by atoms with Gasteiger partial charge in [-0.1, -0.05) is 0 Å². The summed E-state index contributed by atoms with van der Waals surface area (Å²) in [6.07, 6.45) is 4.82. The summed E-state index contributed by atoms with van der Waals surface area (Å²) >= 11 is 0. The summed E-state index contributed by atoms with van der Waals surface area (Å²) in [7, 11) is 1.61. The van der Waals surface area contributed by atoms with Crippen LogP contribution in [0.4, 0.5) is 0 Å². The van der Waals surface area contributed by atoms with Gasteiger partial charge in [-0.2, -0.15) is 0 Å². The molecular formula is C22H31N3O4. The van der Waals surface area contributed by atoms with Crippen molar-refractivity contribution >= 4 is 11.8 Å². The van der Waals surface area contributed by atoms with Gasteiger partial charge in [-0.15, -0.1) is 0 Å². The number of piperidine rings is 1. The molecule has 2 bridgehead atoms. The number of fused-ring (bicyclic) bond motifs is 2. The van der Waals surface area contributed by atoms with Gasteiger partial charge in [0.2, 0.25) is 5.91 Å². The fourth-order valence-electron chi connectivity index (χ4n) is 4.83. The highest BCUT2D eigenvalue weighted by Gasteiger charge is 2.38. The second-order valence-corrected chi connectivity index (χ2v) is 8.28. The Morgan fingerprint density at radius 1 is 1.03 bits per heavy atom. The Balaban J connectivity index is 1.45. The van der Waals surface area contributed by atoms with E-state index in [1.165, 1.54) is 0 Å². The smallest absolute Gasteiger partial charge is 0.254 e. The van der Waals surface area contributed by atoms with Gasteiger partial charge in [0, 0.05) is 57.0 Å². The zero-order chi connectivity index (χ0) is 20.4. The molecule has 1 aromatic carbocycles. The first-order chi connectivity index (χ1) is 14.1. The molecule has 2 amide bonds. The fraction of sp³-hybridized carbons (Fsp3) is 0.636. The number of benzene rings is 1. The lowest BCUT2D eigenvalue weighted by Crippen LogP contribution is -2.42. The first-order valence-electron chi connectivity index (χ1n) is 10.7. The van der Waals surface area contributed by atoms with Crippen molar-refractivity contribution in [2.75, 3.05) is 33.3 Å². The third-order valence-electron chi connectivity index (χ3n) is 6.48. The molecule has 3 aliphatic rings. The van der Waals surface area contributed by atoms with E-state index in [-0.39, 0.29) is 24.0 Å². The Morgan fingerprint density at radius 3 is 2.52 bits per heavy atom. The summed E-state index contributed by atoms with van der Waals surface area (Å²) in [6.45, 7) is 4.88. The van der Waals surface area contributed by atoms with Crippen LogP contribution in [0, 0.1) is 0 Å². The van der Waals surface area contributed by atoms with Crippen molar-refractivity contribution in [1.82, 2.24) is 15.1 Å². The molecule has 3 saturated heterocycles. The number of amides is 2. The average molecular weight is 402 g/mol. The van der Waals surface area contributed by atoms with Gasteiger partial charge in [0.25, 0.3) is 5.91 Å². The number of nitrogens with one attached hydrogen (secondary N) is 1. The van der Waals surface area contributed by atoms with E-state index in [0.717, 1.165) is 45.2 Å². The normalized spacial score (nSPS) is 24.9. The molecule has 3 aliphatic heterocycles. The van der Waals surface area contributed by atoms with E-state index >= 15 is 0 Å². The minimum absolute atomic E-state index is 0.0496.